The summed E-state index contributed by atoms with van der Waals surface area (Å²) in [5, 5.41) is 1.10. The molecule has 1 aliphatic heterocycles. The van der Waals surface area contributed by atoms with E-state index in [2.05, 4.69) is 0 Å². The molecule has 1 amide bonds. The molecule has 4 nitrogen and oxygen atoms in total. The van der Waals surface area contributed by atoms with Gasteiger partial charge in [0, 0.05) is 0 Å². The number of carbonyl (C=O) groups is 1. The summed E-state index contributed by atoms with van der Waals surface area (Å²) in [4.78, 5) is 8.44. The maximum atomic E-state index is 14.8. The van der Waals surface area contributed by atoms with Crippen LogP contribution in [-0.2, 0) is 9.53 Å². The minimum absolute atomic E-state index is 0.100. The van der Waals surface area contributed by atoms with E-state index >= 15 is 0 Å². The van der Waals surface area contributed by atoms with E-state index in [9.17, 15) is 57.5 Å². The Kier molecular flexibility index (Phi) is 5.77. The third kappa shape index (κ3) is 3.68. The summed E-state index contributed by atoms with van der Waals surface area (Å²) in [5.41, 5.74) is -0.100. The number of hydrogen-bond donors (Lipinski definition) is 1. The summed E-state index contributed by atoms with van der Waals surface area (Å²) in [7, 11) is 0. The fourth-order valence-electron chi connectivity index (χ4n) is 2.58. The van der Waals surface area contributed by atoms with Crippen LogP contribution in [0.5, 0.6) is 0 Å². The van der Waals surface area contributed by atoms with E-state index in [0.717, 1.165) is 24.4 Å². The van der Waals surface area contributed by atoms with Gasteiger partial charge < -0.3 is 5.32 Å². The molecule has 2 unspecified atom stereocenters. The zero-order valence-corrected chi connectivity index (χ0v) is 14.8. The average molecular weight is 478 g/mol. The van der Waals surface area contributed by atoms with Gasteiger partial charge in [0.1, 0.15) is 0 Å². The number of nitrogens with zero attached hydrogens (tertiary/aromatic N) is 1. The molecular formula is C15H10F12N2O2. The first kappa shape index (κ1) is 25.0. The van der Waals surface area contributed by atoms with Crippen LogP contribution in [0.3, 0.4) is 0 Å². The molecule has 1 aromatic rings. The molecule has 16 heteroatoms. The van der Waals surface area contributed by atoms with Gasteiger partial charge in [0.05, 0.1) is 6.04 Å². The van der Waals surface area contributed by atoms with Crippen molar-refractivity contribution in [3.63, 3.8) is 0 Å². The van der Waals surface area contributed by atoms with Gasteiger partial charge in [-0.15, -0.1) is 4.90 Å². The van der Waals surface area contributed by atoms with Crippen LogP contribution in [0.25, 0.3) is 0 Å². The van der Waals surface area contributed by atoms with Gasteiger partial charge in [-0.3, -0.25) is 4.79 Å². The molecule has 0 bridgehead atoms. The van der Waals surface area contributed by atoms with Gasteiger partial charge in [0.25, 0.3) is 5.91 Å². The fraction of sp³-hybridized carbons (Fsp3) is 0.533. The molecule has 1 aliphatic rings. The fourth-order valence-corrected chi connectivity index (χ4v) is 2.58. The van der Waals surface area contributed by atoms with Crippen LogP contribution in [0.1, 0.15) is 18.5 Å². The van der Waals surface area contributed by atoms with Crippen LogP contribution in [-0.4, -0.2) is 47.1 Å². The van der Waals surface area contributed by atoms with Gasteiger partial charge in [-0.05, 0) is 12.5 Å². The molecular weight excluding hydrogens is 468 g/mol. The summed E-state index contributed by atoms with van der Waals surface area (Å²) in [5.74, 6) is -10.1. The maximum absolute atomic E-state index is 14.8. The van der Waals surface area contributed by atoms with Crippen molar-refractivity contribution in [3.05, 3.63) is 35.9 Å². The predicted molar refractivity (Wildman–Crippen MR) is 75.6 cm³/mol. The number of rotatable bonds is 4. The van der Waals surface area contributed by atoms with Crippen molar-refractivity contribution < 1.29 is 62.2 Å². The number of alkyl halides is 12. The van der Waals surface area contributed by atoms with Crippen molar-refractivity contribution in [1.82, 2.24) is 10.2 Å². The van der Waals surface area contributed by atoms with Crippen molar-refractivity contribution in [2.45, 2.75) is 49.2 Å². The van der Waals surface area contributed by atoms with Gasteiger partial charge in [0.2, 0.25) is 0 Å². The Morgan fingerprint density at radius 3 is 1.71 bits per heavy atom. The smallest absolute Gasteiger partial charge is 0.345 e. The van der Waals surface area contributed by atoms with Crippen LogP contribution in [0.2, 0.25) is 0 Å². The highest BCUT2D eigenvalue weighted by atomic mass is 19.4. The molecule has 0 aromatic heterocycles. The number of hydrogen-bond acceptors (Lipinski definition) is 3. The summed E-state index contributed by atoms with van der Waals surface area (Å²) >= 11 is 0. The van der Waals surface area contributed by atoms with Gasteiger partial charge >= 0.3 is 36.3 Å². The summed E-state index contributed by atoms with van der Waals surface area (Å²) in [6.07, 6.45) is -20.6. The molecule has 1 saturated heterocycles. The van der Waals surface area contributed by atoms with Crippen molar-refractivity contribution >= 4 is 5.91 Å². The summed E-state index contributed by atoms with van der Waals surface area (Å²) in [6, 6.07) is -9.66. The van der Waals surface area contributed by atoms with E-state index in [4.69, 9.17) is 0 Å². The van der Waals surface area contributed by atoms with E-state index in [0.29, 0.717) is 0 Å². The highest BCUT2D eigenvalue weighted by Crippen LogP contribution is 2.60. The van der Waals surface area contributed by atoms with E-state index in [1.807, 2.05) is 4.74 Å². The molecule has 31 heavy (non-hydrogen) atoms. The molecule has 1 heterocycles. The Labute approximate surface area is 164 Å². The Hall–Kier alpha value is -2.23. The lowest BCUT2D eigenvalue weighted by Crippen LogP contribution is -2.82. The van der Waals surface area contributed by atoms with E-state index < -0.39 is 53.1 Å². The molecule has 2 atom stereocenters. The quantitative estimate of drug-likeness (QED) is 0.500. The zero-order valence-electron chi connectivity index (χ0n) is 14.8. The van der Waals surface area contributed by atoms with Crippen LogP contribution in [0.4, 0.5) is 52.7 Å². The molecule has 1 fully saturated rings. The van der Waals surface area contributed by atoms with Crippen molar-refractivity contribution in [2.75, 3.05) is 0 Å². The van der Waals surface area contributed by atoms with Crippen molar-refractivity contribution in [1.29, 1.82) is 0 Å². The monoisotopic (exact) mass is 478 g/mol. The molecule has 2 rings (SSSR count). The number of benzene rings is 1. The third-order valence-corrected chi connectivity index (χ3v) is 4.15. The lowest BCUT2D eigenvalue weighted by molar-refractivity contribution is -0.583. The maximum Gasteiger partial charge on any atom is 0.446 e. The average Bonchev–Trinajstić information content (AvgIpc) is 2.58. The first-order valence-corrected chi connectivity index (χ1v) is 7.87. The number of carbonyl (C=O) groups excluding carboxylic acids is 1. The first-order valence-electron chi connectivity index (χ1n) is 7.87. The standard InChI is InChI=1S/C15H10F12N2O2/c1-7(8-5-3-2-4-6-8)28-9(30)10(16,11(17,18)19)29-12(20,21)14(24,25)31-15(26,27)13(29,22)23/h2-7H,1H3,(H,28,30). The minimum Gasteiger partial charge on any atom is -0.345 e. The highest BCUT2D eigenvalue weighted by Gasteiger charge is 2.90. The van der Waals surface area contributed by atoms with Crippen LogP contribution in [0.15, 0.2) is 30.3 Å². The second kappa shape index (κ2) is 7.15. The van der Waals surface area contributed by atoms with Crippen molar-refractivity contribution in [3.8, 4) is 0 Å². The van der Waals surface area contributed by atoms with Gasteiger partial charge in [0.15, 0.2) is 0 Å². The molecule has 1 N–H and O–H groups in total. The number of halogens is 12. The van der Waals surface area contributed by atoms with Crippen molar-refractivity contribution in [2.24, 2.45) is 0 Å². The van der Waals surface area contributed by atoms with Gasteiger partial charge in [-0.2, -0.15) is 48.3 Å². The second-order valence-electron chi connectivity index (χ2n) is 6.28. The third-order valence-electron chi connectivity index (χ3n) is 4.15. The topological polar surface area (TPSA) is 41.6 Å². The van der Waals surface area contributed by atoms with E-state index in [-0.39, 0.29) is 5.56 Å². The molecule has 0 saturated carbocycles. The largest absolute Gasteiger partial charge is 0.446 e. The van der Waals surface area contributed by atoms with Crippen LogP contribution >= 0.6 is 0 Å². The van der Waals surface area contributed by atoms with Gasteiger partial charge in [-0.25, -0.2) is 9.13 Å². The van der Waals surface area contributed by atoms with Crippen LogP contribution in [0, 0.1) is 0 Å². The molecule has 1 aromatic carbocycles. The predicted octanol–water partition coefficient (Wildman–Crippen LogP) is 4.80. The lowest BCUT2D eigenvalue weighted by Gasteiger charge is -2.51. The lowest BCUT2D eigenvalue weighted by atomic mass is 10.1. The van der Waals surface area contributed by atoms with Gasteiger partial charge in [-0.1, -0.05) is 30.3 Å². The zero-order chi connectivity index (χ0) is 24.3. The van der Waals surface area contributed by atoms with Crippen LogP contribution < -0.4 is 5.32 Å². The Bertz CT molecular complexity index is 803. The minimum atomic E-state index is -7.12. The normalized spacial score (nSPS) is 25.3. The number of amides is 1. The molecule has 0 aliphatic carbocycles. The Balaban J connectivity index is 2.66. The highest BCUT2D eigenvalue weighted by molar-refractivity contribution is 5.86. The van der Waals surface area contributed by atoms with E-state index in [1.165, 1.54) is 18.2 Å². The van der Waals surface area contributed by atoms with E-state index in [1.54, 1.807) is 0 Å². The second-order valence-corrected chi connectivity index (χ2v) is 6.28. The summed E-state index contributed by atoms with van der Waals surface area (Å²) < 4.78 is 165. The number of morpholine rings is 1. The molecule has 0 spiro atoms. The SMILES string of the molecule is CC(NC(=O)C(F)(N1C(F)(F)C(F)(F)OC(F)(F)C1(F)F)C(F)(F)F)c1ccccc1. The Morgan fingerprint density at radius 1 is 0.903 bits per heavy atom. The number of nitrogens with one attached hydrogen (secondary N) is 1. The number of ether oxygens (including phenoxy) is 1. The Morgan fingerprint density at radius 2 is 1.32 bits per heavy atom. The summed E-state index contributed by atoms with van der Waals surface area (Å²) in [6.45, 7) is 0.850. The molecule has 176 valence electrons. The molecule has 0 radical (unpaired) electrons. The first-order chi connectivity index (χ1) is 13.7.